The van der Waals surface area contributed by atoms with Gasteiger partial charge in [-0.05, 0) is 164 Å². The van der Waals surface area contributed by atoms with E-state index in [1.165, 1.54) is 54.7 Å². The number of rotatable bonds is 44. The number of carbonyl (C=O) groups excluding carboxylic acids is 4. The number of amides is 4. The van der Waals surface area contributed by atoms with Crippen molar-refractivity contribution in [1.29, 1.82) is 0 Å². The highest BCUT2D eigenvalue weighted by molar-refractivity contribution is 5.88. The Hall–Kier alpha value is -11.5. The van der Waals surface area contributed by atoms with E-state index in [2.05, 4.69) is 171 Å². The summed E-state index contributed by atoms with van der Waals surface area (Å²) < 4.78 is 28.6. The van der Waals surface area contributed by atoms with Crippen LogP contribution in [0.5, 0.6) is 28.7 Å². The number of carbonyl (C=O) groups is 4. The number of pyridine rings is 1. The van der Waals surface area contributed by atoms with E-state index >= 15 is 0 Å². The van der Waals surface area contributed by atoms with Gasteiger partial charge in [-0.15, -0.1) is 0 Å². The summed E-state index contributed by atoms with van der Waals surface area (Å²) >= 11 is 0. The number of benzene rings is 10. The summed E-state index contributed by atoms with van der Waals surface area (Å²) in [5, 5.41) is 35.1. The standard InChI is InChI=1S/C54H64N4O4.C44H50N4O7/c59-49(42-62-52-37-17-36-51-50(52)35-18-38-55-51)39-58(40-53(60)56-47(31-13-27-43-19-5-1-6-20-43)32-14-28-44-21-7-2-8-22-44)41-54(61)57-48(33-15-29-45-23-9-3-10-24-45)34-16-30-46-25-11-4-12-26-46;1-52-39-25-32(26-40(53-2)44(39)54-3)27-45-41(50)29-46(28-36(49)31-55-38-20-12-18-33-13-10-11-19-37(33)38)30-42(51)47-21-23-48(24-22-47)43(34-14-6-4-7-15-34)35-16-8-5-9-17-35/h1-12,17-26,35-38,47-49,59H,13-16,27-34,39-42H2,(H,56,60)(H,57,61);4-20,25-26,36,43,49H,21-24,27-31H2,1-3H3,(H,45,50)/t49-;36-/m11/s1. The van der Waals surface area contributed by atoms with Crippen LogP contribution in [0.3, 0.4) is 0 Å². The van der Waals surface area contributed by atoms with Crippen LogP contribution in [0.15, 0.2) is 273 Å². The highest BCUT2D eigenvalue weighted by Crippen LogP contribution is 2.38. The molecule has 10 aromatic carbocycles. The van der Waals surface area contributed by atoms with E-state index in [0.29, 0.717) is 54.9 Å². The summed E-state index contributed by atoms with van der Waals surface area (Å²) in [6.07, 6.45) is 10.7. The number of methoxy groups -OCH3 is 3. The van der Waals surface area contributed by atoms with E-state index in [1.54, 1.807) is 28.1 Å². The maximum atomic E-state index is 14.0. The van der Waals surface area contributed by atoms with Crippen LogP contribution in [0.25, 0.3) is 21.7 Å². The number of aryl methyl sites for hydroxylation is 4. The van der Waals surface area contributed by atoms with Gasteiger partial charge in [-0.2, -0.15) is 0 Å². The zero-order valence-electron chi connectivity index (χ0n) is 67.8. The molecule has 0 bridgehead atoms. The average Bonchev–Trinajstić information content (AvgIpc) is 0.818. The highest BCUT2D eigenvalue weighted by atomic mass is 16.5. The minimum Gasteiger partial charge on any atom is -0.493 e. The number of hydrogen-bond acceptors (Lipinski definition) is 15. The molecule has 117 heavy (non-hydrogen) atoms. The predicted octanol–water partition coefficient (Wildman–Crippen LogP) is 14.5. The molecular weight excluding hydrogens is 1470 g/mol. The first-order chi connectivity index (χ1) is 57.3. The van der Waals surface area contributed by atoms with E-state index < -0.39 is 12.2 Å². The second kappa shape index (κ2) is 46.9. The first kappa shape index (κ1) is 86.4. The van der Waals surface area contributed by atoms with E-state index in [-0.39, 0.29) is 101 Å². The number of aliphatic hydroxyl groups is 2. The molecule has 612 valence electrons. The molecule has 1 aromatic heterocycles. The quantitative estimate of drug-likeness (QED) is 0.0240. The number of nitrogens with zero attached hydrogens (tertiary/aromatic N) is 5. The van der Waals surface area contributed by atoms with Crippen LogP contribution in [0.2, 0.25) is 0 Å². The molecule has 4 amide bonds. The Labute approximate surface area is 689 Å². The SMILES string of the molecule is COc1cc(CNC(=O)CN(CC(=O)N2CCN(C(c3ccccc3)c3ccccc3)CC2)C[C@@H](O)COc2cccc3ccccc23)cc(OC)c1OC.O=C(CN(CC(=O)NC(CCCc1ccccc1)CCCc1ccccc1)C[C@@H](O)COc1cccc2ncccc12)NC(CCCc1ccccc1)CCCc1ccccc1. The molecule has 0 unspecified atom stereocenters. The molecule has 0 radical (unpaired) electrons. The monoisotopic (exact) mass is 1580 g/mol. The van der Waals surface area contributed by atoms with Crippen LogP contribution in [0, 0.1) is 0 Å². The van der Waals surface area contributed by atoms with Gasteiger partial charge in [0, 0.05) is 74.9 Å². The van der Waals surface area contributed by atoms with Crippen molar-refractivity contribution in [1.82, 2.24) is 40.5 Å². The van der Waals surface area contributed by atoms with Crippen molar-refractivity contribution in [2.75, 3.05) is 100.0 Å². The predicted molar refractivity (Wildman–Crippen MR) is 464 cm³/mol. The molecule has 1 saturated heterocycles. The van der Waals surface area contributed by atoms with Crippen molar-refractivity contribution in [2.24, 2.45) is 0 Å². The molecular formula is C98H114N8O11. The summed E-state index contributed by atoms with van der Waals surface area (Å²) in [5.41, 5.74) is 9.10. The number of hydrogen-bond donors (Lipinski definition) is 5. The molecule has 11 aromatic rings. The second-order valence-electron chi connectivity index (χ2n) is 30.1. The van der Waals surface area contributed by atoms with E-state index in [9.17, 15) is 29.4 Å². The van der Waals surface area contributed by atoms with Crippen molar-refractivity contribution in [2.45, 2.75) is 114 Å². The Morgan fingerprint density at radius 2 is 0.821 bits per heavy atom. The van der Waals surface area contributed by atoms with Gasteiger partial charge in [-0.3, -0.25) is 38.9 Å². The Bertz CT molecular complexity index is 4500. The van der Waals surface area contributed by atoms with Gasteiger partial charge in [0.1, 0.15) is 36.9 Å². The number of aliphatic hydroxyl groups excluding tert-OH is 2. The minimum atomic E-state index is -0.968. The minimum absolute atomic E-state index is 0.00304. The van der Waals surface area contributed by atoms with E-state index in [1.807, 2.05) is 114 Å². The molecule has 2 heterocycles. The Kier molecular flexibility index (Phi) is 34.7. The Balaban J connectivity index is 0.000000231. The normalized spacial score (nSPS) is 12.8. The third-order valence-electron chi connectivity index (χ3n) is 21.3. The molecule has 2 atom stereocenters. The lowest BCUT2D eigenvalue weighted by atomic mass is 9.96. The first-order valence-corrected chi connectivity index (χ1v) is 41.1. The van der Waals surface area contributed by atoms with E-state index in [4.69, 9.17) is 23.7 Å². The van der Waals surface area contributed by atoms with Crippen LogP contribution >= 0.6 is 0 Å². The summed E-state index contributed by atoms with van der Waals surface area (Å²) in [5.74, 6) is 1.98. The number of piperazine rings is 1. The van der Waals surface area contributed by atoms with Crippen LogP contribution in [0.1, 0.15) is 96.4 Å². The van der Waals surface area contributed by atoms with Gasteiger partial charge in [0.05, 0.1) is 59.1 Å². The van der Waals surface area contributed by atoms with Gasteiger partial charge in [0.2, 0.25) is 29.4 Å². The Morgan fingerprint density at radius 1 is 0.419 bits per heavy atom. The number of fused-ring (bicyclic) bond motifs is 2. The maximum Gasteiger partial charge on any atom is 0.236 e. The lowest BCUT2D eigenvalue weighted by molar-refractivity contribution is -0.135. The lowest BCUT2D eigenvalue weighted by Crippen LogP contribution is -2.53. The summed E-state index contributed by atoms with van der Waals surface area (Å²) in [6, 6.07) is 89.4. The third-order valence-corrected chi connectivity index (χ3v) is 21.3. The molecule has 1 aliphatic heterocycles. The van der Waals surface area contributed by atoms with E-state index in [0.717, 1.165) is 104 Å². The van der Waals surface area contributed by atoms with Crippen molar-refractivity contribution in [3.05, 3.63) is 312 Å². The average molecular weight is 1580 g/mol. The number of aromatic nitrogens is 1. The number of ether oxygens (including phenoxy) is 5. The van der Waals surface area contributed by atoms with Gasteiger partial charge in [0.15, 0.2) is 11.5 Å². The zero-order valence-corrected chi connectivity index (χ0v) is 67.8. The third kappa shape index (κ3) is 28.2. The fourth-order valence-corrected chi connectivity index (χ4v) is 15.4. The smallest absolute Gasteiger partial charge is 0.236 e. The van der Waals surface area contributed by atoms with Crippen molar-refractivity contribution in [3.63, 3.8) is 0 Å². The van der Waals surface area contributed by atoms with Crippen LogP contribution < -0.4 is 39.6 Å². The molecule has 12 rings (SSSR count). The largest absolute Gasteiger partial charge is 0.493 e. The molecule has 0 saturated carbocycles. The lowest BCUT2D eigenvalue weighted by Gasteiger charge is -2.40. The van der Waals surface area contributed by atoms with Gasteiger partial charge < -0.3 is 54.7 Å². The van der Waals surface area contributed by atoms with Gasteiger partial charge in [-0.25, -0.2) is 0 Å². The number of nitrogens with one attached hydrogen (secondary N) is 3. The zero-order chi connectivity index (χ0) is 81.6. The van der Waals surface area contributed by atoms with Crippen molar-refractivity contribution < 1.29 is 53.1 Å². The molecule has 19 nitrogen and oxygen atoms in total. The topological polar surface area (TPSA) is 217 Å². The fraction of sp³-hybridized carbons (Fsp3) is 0.337. The molecule has 0 spiro atoms. The van der Waals surface area contributed by atoms with Gasteiger partial charge in [-0.1, -0.05) is 224 Å². The maximum absolute atomic E-state index is 14.0. The molecule has 1 fully saturated rings. The van der Waals surface area contributed by atoms with Crippen LogP contribution in [-0.2, 0) is 51.4 Å². The fourth-order valence-electron chi connectivity index (χ4n) is 15.4. The van der Waals surface area contributed by atoms with Gasteiger partial charge in [0.25, 0.3) is 0 Å². The first-order valence-electron chi connectivity index (χ1n) is 41.1. The van der Waals surface area contributed by atoms with Crippen molar-refractivity contribution in [3.8, 4) is 28.7 Å². The second-order valence-corrected chi connectivity index (χ2v) is 30.1. The highest BCUT2D eigenvalue weighted by Gasteiger charge is 2.31. The summed E-state index contributed by atoms with van der Waals surface area (Å²) in [7, 11) is 4.61. The molecule has 0 aliphatic carbocycles. The molecule has 1 aliphatic rings. The molecule has 19 heteroatoms. The summed E-state index contributed by atoms with van der Waals surface area (Å²) in [4.78, 5) is 67.4. The van der Waals surface area contributed by atoms with Crippen LogP contribution in [-0.4, -0.2) is 183 Å². The van der Waals surface area contributed by atoms with Crippen molar-refractivity contribution >= 4 is 45.3 Å². The van der Waals surface area contributed by atoms with Gasteiger partial charge >= 0.3 is 0 Å². The Morgan fingerprint density at radius 3 is 1.28 bits per heavy atom. The summed E-state index contributed by atoms with van der Waals surface area (Å²) in [6.45, 7) is 2.60. The van der Waals surface area contributed by atoms with Crippen LogP contribution in [0.4, 0.5) is 0 Å². The molecule has 5 N–H and O–H groups in total.